The van der Waals surface area contributed by atoms with Gasteiger partial charge in [0.05, 0.1) is 11.8 Å². The molecule has 0 aromatic carbocycles. The zero-order chi connectivity index (χ0) is 20.9. The predicted octanol–water partition coefficient (Wildman–Crippen LogP) is 4.97. The van der Waals surface area contributed by atoms with E-state index in [1.807, 2.05) is 74.2 Å². The quantitative estimate of drug-likeness (QED) is 0.569. The second-order valence-electron chi connectivity index (χ2n) is 7.40. The van der Waals surface area contributed by atoms with E-state index in [9.17, 15) is 4.79 Å². The van der Waals surface area contributed by atoms with E-state index in [1.54, 1.807) is 18.5 Å². The number of carbonyl (C=O) groups is 1. The first-order valence-electron chi connectivity index (χ1n) is 9.52. The molecule has 3 heterocycles. The highest BCUT2D eigenvalue weighted by atomic mass is 32.1. The molecule has 0 spiro atoms. The first kappa shape index (κ1) is 21.0. The van der Waals surface area contributed by atoms with Crippen LogP contribution < -0.4 is 5.32 Å². The molecule has 3 aromatic rings. The van der Waals surface area contributed by atoms with Gasteiger partial charge in [-0.2, -0.15) is 0 Å². The van der Waals surface area contributed by atoms with Crippen LogP contribution in [0, 0.1) is 0 Å². The van der Waals surface area contributed by atoms with Crippen molar-refractivity contribution in [3.63, 3.8) is 0 Å². The summed E-state index contributed by atoms with van der Waals surface area (Å²) in [6, 6.07) is 7.53. The number of allylic oxidation sites excluding steroid dienone is 1. The van der Waals surface area contributed by atoms with E-state index in [0.29, 0.717) is 17.4 Å². The molecule has 29 heavy (non-hydrogen) atoms. The zero-order valence-corrected chi connectivity index (χ0v) is 17.9. The van der Waals surface area contributed by atoms with Gasteiger partial charge in [0.1, 0.15) is 11.3 Å². The monoisotopic (exact) mass is 410 g/mol. The Hall–Kier alpha value is -2.77. The third kappa shape index (κ3) is 5.62. The fourth-order valence-electron chi connectivity index (χ4n) is 2.97. The number of hydrogen-bond acceptors (Lipinski definition) is 5. The second kappa shape index (κ2) is 9.15. The van der Waals surface area contributed by atoms with E-state index in [1.165, 1.54) is 11.3 Å². The first-order chi connectivity index (χ1) is 13.8. The first-order valence-corrected chi connectivity index (χ1v) is 10.4. The summed E-state index contributed by atoms with van der Waals surface area (Å²) in [7, 11) is 0. The van der Waals surface area contributed by atoms with Gasteiger partial charge in [-0.15, -0.1) is 11.3 Å². The maximum atomic E-state index is 12.7. The minimum absolute atomic E-state index is 0.0909. The van der Waals surface area contributed by atoms with Crippen LogP contribution in [0.1, 0.15) is 49.4 Å². The third-order valence-corrected chi connectivity index (χ3v) is 5.01. The van der Waals surface area contributed by atoms with Gasteiger partial charge < -0.3 is 9.30 Å². The van der Waals surface area contributed by atoms with Crippen molar-refractivity contribution >= 4 is 28.5 Å². The van der Waals surface area contributed by atoms with Crippen LogP contribution in [-0.2, 0) is 16.9 Å². The molecule has 6 nitrogen and oxygen atoms in total. The number of nitrogens with one attached hydrogen (secondary N) is 1. The molecule has 0 unspecified atom stereocenters. The number of thiazole rings is 1. The summed E-state index contributed by atoms with van der Waals surface area (Å²) in [5, 5.41) is 5.38. The number of anilines is 1. The maximum absolute atomic E-state index is 12.7. The number of amides is 1. The van der Waals surface area contributed by atoms with E-state index in [0.717, 1.165) is 11.3 Å². The Morgan fingerprint density at radius 1 is 1.31 bits per heavy atom. The van der Waals surface area contributed by atoms with Crippen LogP contribution in [-0.4, -0.2) is 26.5 Å². The largest absolute Gasteiger partial charge is 0.367 e. The van der Waals surface area contributed by atoms with E-state index in [4.69, 9.17) is 4.74 Å². The lowest BCUT2D eigenvalue weighted by Crippen LogP contribution is -2.26. The molecule has 1 amide bonds. The van der Waals surface area contributed by atoms with Crippen molar-refractivity contribution in [2.75, 3.05) is 5.32 Å². The second-order valence-corrected chi connectivity index (χ2v) is 8.26. The van der Waals surface area contributed by atoms with Crippen molar-refractivity contribution in [3.05, 3.63) is 71.3 Å². The Labute approximate surface area is 175 Å². The number of aromatic nitrogens is 3. The molecule has 0 aliphatic rings. The van der Waals surface area contributed by atoms with Gasteiger partial charge in [0, 0.05) is 30.5 Å². The molecule has 0 atom stereocenters. The van der Waals surface area contributed by atoms with Gasteiger partial charge in [0.2, 0.25) is 0 Å². The van der Waals surface area contributed by atoms with E-state index in [2.05, 4.69) is 15.3 Å². The molecule has 0 fully saturated rings. The zero-order valence-electron chi connectivity index (χ0n) is 17.1. The van der Waals surface area contributed by atoms with Gasteiger partial charge in [0.25, 0.3) is 5.91 Å². The van der Waals surface area contributed by atoms with Crippen LogP contribution in [0.2, 0.25) is 0 Å². The molecule has 0 saturated carbocycles. The van der Waals surface area contributed by atoms with E-state index >= 15 is 0 Å². The average molecular weight is 411 g/mol. The maximum Gasteiger partial charge on any atom is 0.274 e. The third-order valence-electron chi connectivity index (χ3n) is 4.25. The van der Waals surface area contributed by atoms with Crippen molar-refractivity contribution in [1.29, 1.82) is 0 Å². The highest BCUT2D eigenvalue weighted by Gasteiger charge is 2.26. The highest BCUT2D eigenvalue weighted by Crippen LogP contribution is 2.29. The van der Waals surface area contributed by atoms with Crippen molar-refractivity contribution in [2.24, 2.45) is 0 Å². The normalized spacial score (nSPS) is 12.0. The van der Waals surface area contributed by atoms with Crippen LogP contribution >= 0.6 is 11.3 Å². The molecule has 1 N–H and O–H groups in total. The van der Waals surface area contributed by atoms with E-state index in [-0.39, 0.29) is 12.0 Å². The van der Waals surface area contributed by atoms with Crippen molar-refractivity contribution in [2.45, 2.75) is 45.9 Å². The van der Waals surface area contributed by atoms with Gasteiger partial charge in [-0.1, -0.05) is 12.2 Å². The van der Waals surface area contributed by atoms with Crippen molar-refractivity contribution in [1.82, 2.24) is 14.5 Å². The summed E-state index contributed by atoms with van der Waals surface area (Å²) in [5.74, 6) is -0.184. The fourth-order valence-corrected chi connectivity index (χ4v) is 3.84. The molecule has 0 bridgehead atoms. The molecule has 152 valence electrons. The van der Waals surface area contributed by atoms with Gasteiger partial charge in [-0.3, -0.25) is 15.1 Å². The molecular weight excluding hydrogens is 384 g/mol. The number of ether oxygens (including phenoxy) is 1. The fraction of sp³-hybridized carbons (Fsp3) is 0.318. The summed E-state index contributed by atoms with van der Waals surface area (Å²) < 4.78 is 7.83. The lowest BCUT2D eigenvalue weighted by Gasteiger charge is -2.25. The Kier molecular flexibility index (Phi) is 6.61. The van der Waals surface area contributed by atoms with Crippen molar-refractivity contribution < 1.29 is 9.53 Å². The number of hydrogen-bond donors (Lipinski definition) is 1. The molecule has 0 aliphatic heterocycles. The van der Waals surface area contributed by atoms with Gasteiger partial charge in [-0.05, 0) is 57.5 Å². The molecule has 3 rings (SSSR count). The number of rotatable bonds is 8. The molecule has 0 aliphatic carbocycles. The van der Waals surface area contributed by atoms with Gasteiger partial charge in [0.15, 0.2) is 5.13 Å². The minimum Gasteiger partial charge on any atom is -0.367 e. The SMILES string of the molecule is CC(C)OC(C)(C)c1csc(NC(=O)c2cccn2C/C=C/c2ccncc2)n1. The van der Waals surface area contributed by atoms with Crippen LogP contribution in [0.15, 0.2) is 54.3 Å². The Morgan fingerprint density at radius 3 is 2.79 bits per heavy atom. The average Bonchev–Trinajstić information content (AvgIpc) is 3.31. The molecular formula is C22H26N4O2S. The van der Waals surface area contributed by atoms with Gasteiger partial charge in [-0.25, -0.2) is 4.98 Å². The Balaban J connectivity index is 1.65. The van der Waals surface area contributed by atoms with Crippen LogP contribution in [0.5, 0.6) is 0 Å². The highest BCUT2D eigenvalue weighted by molar-refractivity contribution is 7.14. The smallest absolute Gasteiger partial charge is 0.274 e. The van der Waals surface area contributed by atoms with E-state index < -0.39 is 5.60 Å². The number of carbonyl (C=O) groups excluding carboxylic acids is 1. The predicted molar refractivity (Wildman–Crippen MR) is 117 cm³/mol. The molecule has 0 saturated heterocycles. The molecule has 3 aromatic heterocycles. The molecule has 7 heteroatoms. The van der Waals surface area contributed by atoms with Crippen LogP contribution in [0.3, 0.4) is 0 Å². The Morgan fingerprint density at radius 2 is 2.07 bits per heavy atom. The summed E-state index contributed by atoms with van der Waals surface area (Å²) in [4.78, 5) is 21.3. The van der Waals surface area contributed by atoms with Crippen LogP contribution in [0.25, 0.3) is 6.08 Å². The lowest BCUT2D eigenvalue weighted by atomic mass is 10.1. The topological polar surface area (TPSA) is 69.0 Å². The van der Waals surface area contributed by atoms with Crippen LogP contribution in [0.4, 0.5) is 5.13 Å². The summed E-state index contributed by atoms with van der Waals surface area (Å²) in [6.45, 7) is 8.54. The number of nitrogens with zero attached hydrogens (tertiary/aromatic N) is 3. The lowest BCUT2D eigenvalue weighted by molar-refractivity contribution is -0.0623. The molecule has 0 radical (unpaired) electrons. The minimum atomic E-state index is -0.508. The Bertz CT molecular complexity index is 974. The van der Waals surface area contributed by atoms with Crippen molar-refractivity contribution in [3.8, 4) is 0 Å². The summed E-state index contributed by atoms with van der Waals surface area (Å²) in [5.41, 5.74) is 1.95. The number of pyridine rings is 1. The standard InChI is InChI=1S/C22H26N4O2S/c1-16(2)28-22(3,4)19-15-29-21(24-19)25-20(27)18-8-6-14-26(18)13-5-7-17-9-11-23-12-10-17/h5-12,14-16H,13H2,1-4H3,(H,24,25,27)/b7-5+. The van der Waals surface area contributed by atoms with Gasteiger partial charge >= 0.3 is 0 Å². The summed E-state index contributed by atoms with van der Waals surface area (Å²) >= 11 is 1.40. The summed E-state index contributed by atoms with van der Waals surface area (Å²) in [6.07, 6.45) is 9.51.